The van der Waals surface area contributed by atoms with Crippen molar-refractivity contribution in [2.45, 2.75) is 19.7 Å². The van der Waals surface area contributed by atoms with Gasteiger partial charge in [0.25, 0.3) is 5.69 Å². The first-order valence-corrected chi connectivity index (χ1v) is 7.37. The fourth-order valence-electron chi connectivity index (χ4n) is 1.49. The molecule has 0 fully saturated rings. The molecule has 0 heterocycles. The van der Waals surface area contributed by atoms with Crippen LogP contribution in [0.3, 0.4) is 0 Å². The van der Waals surface area contributed by atoms with Gasteiger partial charge in [-0.05, 0) is 31.5 Å². The Labute approximate surface area is 110 Å². The van der Waals surface area contributed by atoms with Crippen LogP contribution in [0.25, 0.3) is 0 Å². The minimum absolute atomic E-state index is 0.112. The summed E-state index contributed by atoms with van der Waals surface area (Å²) in [6.07, 6.45) is 0. The molecule has 0 spiro atoms. The van der Waals surface area contributed by atoms with Gasteiger partial charge in [0, 0.05) is 12.1 Å². The van der Waals surface area contributed by atoms with Gasteiger partial charge in [-0.1, -0.05) is 0 Å². The Bertz CT molecular complexity index is 465. The molecule has 7 nitrogen and oxygen atoms in total. The maximum Gasteiger partial charge on any atom is 0.363 e. The molecule has 0 unspecified atom stereocenters. The molecule has 1 N–H and O–H groups in total. The molecule has 0 saturated carbocycles. The lowest BCUT2D eigenvalue weighted by molar-refractivity contribution is -0.384. The van der Waals surface area contributed by atoms with E-state index in [0.29, 0.717) is 0 Å². The molecule has 0 aliphatic rings. The average molecular weight is 289 g/mol. The number of rotatable bonds is 7. The van der Waals surface area contributed by atoms with Crippen LogP contribution in [0.5, 0.6) is 0 Å². The number of hydrogen-bond acceptors (Lipinski definition) is 6. The molecule has 0 saturated heterocycles. The monoisotopic (exact) mass is 289 g/mol. The van der Waals surface area contributed by atoms with Gasteiger partial charge in [-0.3, -0.25) is 14.7 Å². The van der Waals surface area contributed by atoms with Gasteiger partial charge in [-0.25, -0.2) is 0 Å². The smallest absolute Gasteiger partial charge is 0.363 e. The number of aliphatic hydroxyl groups is 1. The van der Waals surface area contributed by atoms with Crippen molar-refractivity contribution in [3.63, 3.8) is 0 Å². The lowest BCUT2D eigenvalue weighted by atomic mass is 10.2. The molecule has 0 aliphatic heterocycles. The van der Waals surface area contributed by atoms with Crippen LogP contribution in [0.15, 0.2) is 24.3 Å². The summed E-state index contributed by atoms with van der Waals surface area (Å²) in [5, 5.41) is 20.6. The first kappa shape index (κ1) is 15.8. The van der Waals surface area contributed by atoms with E-state index < -0.39 is 18.4 Å². The summed E-state index contributed by atoms with van der Waals surface area (Å²) in [5.41, 5.74) is 0.134. The van der Waals surface area contributed by atoms with Crippen molar-refractivity contribution < 1.29 is 23.6 Å². The topological polar surface area (TPSA) is 98.9 Å². The normalized spacial score (nSPS) is 13.2. The zero-order valence-electron chi connectivity index (χ0n) is 10.7. The molecule has 19 heavy (non-hydrogen) atoms. The van der Waals surface area contributed by atoms with Gasteiger partial charge < -0.3 is 14.2 Å². The van der Waals surface area contributed by atoms with E-state index in [9.17, 15) is 19.8 Å². The number of hydrogen-bond donors (Lipinski definition) is 1. The van der Waals surface area contributed by atoms with Crippen LogP contribution in [0.1, 0.15) is 25.3 Å². The molecular formula is C11H16NO6P. The largest absolute Gasteiger partial charge is 0.376 e. The molecule has 1 aromatic rings. The summed E-state index contributed by atoms with van der Waals surface area (Å²) in [6.45, 7) is 3.52. The van der Waals surface area contributed by atoms with E-state index >= 15 is 0 Å². The Morgan fingerprint density at radius 2 is 1.74 bits per heavy atom. The third-order valence-electron chi connectivity index (χ3n) is 2.32. The minimum Gasteiger partial charge on any atom is -0.376 e. The van der Waals surface area contributed by atoms with E-state index in [1.165, 1.54) is 24.3 Å². The van der Waals surface area contributed by atoms with Gasteiger partial charge in [-0.2, -0.15) is 0 Å². The Morgan fingerprint density at radius 3 is 2.11 bits per heavy atom. The van der Waals surface area contributed by atoms with E-state index in [4.69, 9.17) is 9.05 Å². The number of nitrogens with zero attached hydrogens (tertiary/aromatic N) is 1. The molecular weight excluding hydrogens is 273 g/mol. The fourth-order valence-corrected chi connectivity index (χ4v) is 3.10. The van der Waals surface area contributed by atoms with Crippen molar-refractivity contribution in [1.82, 2.24) is 0 Å². The zero-order chi connectivity index (χ0) is 14.5. The summed E-state index contributed by atoms with van der Waals surface area (Å²) >= 11 is 0. The Balaban J connectivity index is 2.99. The molecule has 8 heteroatoms. The first-order chi connectivity index (χ1) is 8.94. The van der Waals surface area contributed by atoms with Gasteiger partial charge in [0.05, 0.1) is 18.1 Å². The molecule has 0 amide bonds. The van der Waals surface area contributed by atoms with E-state index in [2.05, 4.69) is 0 Å². The summed E-state index contributed by atoms with van der Waals surface area (Å²) < 4.78 is 22.3. The highest BCUT2D eigenvalue weighted by Gasteiger charge is 2.35. The standard InChI is InChI=1S/C11H16NO6P/c1-3-17-19(16,18-4-2)11(13)9-5-7-10(8-6-9)12(14)15/h5-8,11,13H,3-4H2,1-2H3/t11-/m1/s1. The second kappa shape index (κ2) is 6.77. The molecule has 0 aromatic heterocycles. The number of benzene rings is 1. The molecule has 0 aliphatic carbocycles. The Hall–Kier alpha value is -1.27. The van der Waals surface area contributed by atoms with Gasteiger partial charge in [0.15, 0.2) is 5.85 Å². The molecule has 1 atom stereocenters. The van der Waals surface area contributed by atoms with Gasteiger partial charge in [0.1, 0.15) is 0 Å². The highest BCUT2D eigenvalue weighted by molar-refractivity contribution is 7.54. The van der Waals surface area contributed by atoms with Crippen LogP contribution in [-0.4, -0.2) is 23.2 Å². The predicted octanol–water partition coefficient (Wildman–Crippen LogP) is 2.85. The fraction of sp³-hybridized carbons (Fsp3) is 0.455. The van der Waals surface area contributed by atoms with Crippen molar-refractivity contribution in [1.29, 1.82) is 0 Å². The van der Waals surface area contributed by atoms with E-state index in [1.807, 2.05) is 0 Å². The van der Waals surface area contributed by atoms with Gasteiger partial charge in [0.2, 0.25) is 0 Å². The average Bonchev–Trinajstić information content (AvgIpc) is 2.38. The van der Waals surface area contributed by atoms with Crippen LogP contribution in [0, 0.1) is 10.1 Å². The van der Waals surface area contributed by atoms with Crippen LogP contribution < -0.4 is 0 Å². The predicted molar refractivity (Wildman–Crippen MR) is 68.9 cm³/mol. The van der Waals surface area contributed by atoms with E-state index in [0.717, 1.165) is 0 Å². The highest BCUT2D eigenvalue weighted by atomic mass is 31.2. The Morgan fingerprint density at radius 1 is 1.26 bits per heavy atom. The second-order valence-corrected chi connectivity index (χ2v) is 5.68. The molecule has 0 bridgehead atoms. The number of nitro groups is 1. The van der Waals surface area contributed by atoms with Crippen LogP contribution >= 0.6 is 7.60 Å². The zero-order valence-corrected chi connectivity index (χ0v) is 11.6. The molecule has 1 rings (SSSR count). The third kappa shape index (κ3) is 3.84. The van der Waals surface area contributed by atoms with Crippen molar-refractivity contribution in [2.24, 2.45) is 0 Å². The van der Waals surface area contributed by atoms with Gasteiger partial charge >= 0.3 is 7.60 Å². The minimum atomic E-state index is -3.69. The van der Waals surface area contributed by atoms with Crippen molar-refractivity contribution >= 4 is 13.3 Å². The summed E-state index contributed by atoms with van der Waals surface area (Å²) in [7, 11) is -3.69. The van der Waals surface area contributed by atoms with Gasteiger partial charge in [-0.15, -0.1) is 0 Å². The van der Waals surface area contributed by atoms with Crippen LogP contribution in [-0.2, 0) is 13.6 Å². The van der Waals surface area contributed by atoms with Crippen molar-refractivity contribution in [3.8, 4) is 0 Å². The summed E-state index contributed by atoms with van der Waals surface area (Å²) in [6, 6.07) is 5.10. The van der Waals surface area contributed by atoms with Crippen LogP contribution in [0.2, 0.25) is 0 Å². The molecule has 0 radical (unpaired) electrons. The maximum atomic E-state index is 12.3. The second-order valence-electron chi connectivity index (χ2n) is 3.60. The van der Waals surface area contributed by atoms with E-state index in [1.54, 1.807) is 13.8 Å². The molecule has 106 valence electrons. The Kier molecular flexibility index (Phi) is 5.62. The maximum absolute atomic E-state index is 12.3. The van der Waals surface area contributed by atoms with Crippen LogP contribution in [0.4, 0.5) is 5.69 Å². The summed E-state index contributed by atoms with van der Waals surface area (Å²) in [5.74, 6) is -1.46. The SMILES string of the molecule is CCOP(=O)(OCC)[C@@H](O)c1ccc([N+](=O)[O-])cc1. The molecule has 1 aromatic carbocycles. The summed E-state index contributed by atoms with van der Waals surface area (Å²) in [4.78, 5) is 9.97. The van der Waals surface area contributed by atoms with Crippen molar-refractivity contribution in [2.75, 3.05) is 13.2 Å². The third-order valence-corrected chi connectivity index (χ3v) is 4.45. The number of nitro benzene ring substituents is 1. The quantitative estimate of drug-likeness (QED) is 0.470. The van der Waals surface area contributed by atoms with E-state index in [-0.39, 0.29) is 24.5 Å². The first-order valence-electron chi connectivity index (χ1n) is 5.75. The number of aliphatic hydroxyl groups excluding tert-OH is 1. The highest BCUT2D eigenvalue weighted by Crippen LogP contribution is 2.59. The number of non-ortho nitro benzene ring substituents is 1. The lowest BCUT2D eigenvalue weighted by Crippen LogP contribution is -2.06. The van der Waals surface area contributed by atoms with Crippen molar-refractivity contribution in [3.05, 3.63) is 39.9 Å². The lowest BCUT2D eigenvalue weighted by Gasteiger charge is -2.22.